The molecule has 1 saturated heterocycles. The largest absolute Gasteiger partial charge is 0.464 e. The van der Waals surface area contributed by atoms with Crippen LogP contribution in [0.5, 0.6) is 0 Å². The number of carbonyl (C=O) groups is 2. The van der Waals surface area contributed by atoms with Gasteiger partial charge < -0.3 is 20.0 Å². The predicted molar refractivity (Wildman–Crippen MR) is 119 cm³/mol. The summed E-state index contributed by atoms with van der Waals surface area (Å²) in [6.07, 6.45) is 4.53. The summed E-state index contributed by atoms with van der Waals surface area (Å²) in [5, 5.41) is 7.31. The Kier molecular flexibility index (Phi) is 7.19. The van der Waals surface area contributed by atoms with Crippen LogP contribution in [0.3, 0.4) is 0 Å². The Labute approximate surface area is 179 Å². The van der Waals surface area contributed by atoms with Gasteiger partial charge in [0.2, 0.25) is 11.8 Å². The maximum atomic E-state index is 13.4. The molecule has 1 aromatic carbocycles. The van der Waals surface area contributed by atoms with Crippen molar-refractivity contribution in [3.8, 4) is 0 Å². The van der Waals surface area contributed by atoms with Crippen LogP contribution < -0.4 is 10.6 Å². The van der Waals surface area contributed by atoms with Gasteiger partial charge in [0.05, 0.1) is 12.3 Å². The molecule has 1 aliphatic heterocycles. The zero-order valence-corrected chi connectivity index (χ0v) is 18.8. The summed E-state index contributed by atoms with van der Waals surface area (Å²) in [7, 11) is 0. The van der Waals surface area contributed by atoms with Crippen molar-refractivity contribution in [1.82, 2.24) is 15.5 Å². The van der Waals surface area contributed by atoms with Gasteiger partial charge in [0.1, 0.15) is 11.6 Å². The number of furan rings is 1. The van der Waals surface area contributed by atoms with Crippen molar-refractivity contribution < 1.29 is 14.0 Å². The first kappa shape index (κ1) is 22.3. The first-order chi connectivity index (χ1) is 14.3. The molecule has 2 N–H and O–H groups in total. The number of rotatable bonds is 8. The number of hydrogen-bond donors (Lipinski definition) is 2. The molecule has 0 saturated carbocycles. The number of nitrogens with zero attached hydrogens (tertiary/aromatic N) is 1. The minimum Gasteiger partial charge on any atom is -0.464 e. The van der Waals surface area contributed by atoms with Gasteiger partial charge in [-0.2, -0.15) is 0 Å². The Morgan fingerprint density at radius 3 is 2.60 bits per heavy atom. The maximum Gasteiger partial charge on any atom is 0.245 e. The fourth-order valence-electron chi connectivity index (χ4n) is 4.33. The second kappa shape index (κ2) is 9.65. The fourth-order valence-corrected chi connectivity index (χ4v) is 4.33. The third-order valence-electron chi connectivity index (χ3n) is 5.88. The molecular formula is C24H35N3O3. The van der Waals surface area contributed by atoms with Crippen LogP contribution in [0.15, 0.2) is 34.9 Å². The molecule has 2 heterocycles. The number of hydrogen-bond acceptors (Lipinski definition) is 4. The Balaban J connectivity index is 1.71. The molecular weight excluding hydrogens is 378 g/mol. The van der Waals surface area contributed by atoms with Crippen molar-refractivity contribution in [2.75, 3.05) is 6.54 Å². The number of para-hydroxylation sites is 1. The van der Waals surface area contributed by atoms with Crippen LogP contribution in [0.4, 0.5) is 0 Å². The molecule has 0 aliphatic carbocycles. The van der Waals surface area contributed by atoms with Crippen molar-refractivity contribution in [2.45, 2.75) is 78.0 Å². The SMILES string of the molecule is CC(C)N[C@@H](C)C(=O)N[C@H](C(=O)N1CCC[C@H]1Cc1coc2ccccc12)C(C)C. The summed E-state index contributed by atoms with van der Waals surface area (Å²) in [5.74, 6) is -0.0959. The highest BCUT2D eigenvalue weighted by molar-refractivity contribution is 5.90. The molecule has 0 radical (unpaired) electrons. The average Bonchev–Trinajstić information content (AvgIpc) is 3.32. The van der Waals surface area contributed by atoms with E-state index in [1.54, 1.807) is 0 Å². The van der Waals surface area contributed by atoms with Gasteiger partial charge in [0.25, 0.3) is 0 Å². The summed E-state index contributed by atoms with van der Waals surface area (Å²) >= 11 is 0. The molecule has 164 valence electrons. The molecule has 6 nitrogen and oxygen atoms in total. The van der Waals surface area contributed by atoms with Crippen LogP contribution in [0.1, 0.15) is 53.0 Å². The molecule has 0 unspecified atom stereocenters. The number of benzene rings is 1. The van der Waals surface area contributed by atoms with Crippen LogP contribution in [0.25, 0.3) is 11.0 Å². The molecule has 3 rings (SSSR count). The normalized spacial score (nSPS) is 18.9. The minimum absolute atomic E-state index is 0.0173. The molecule has 30 heavy (non-hydrogen) atoms. The summed E-state index contributed by atoms with van der Waals surface area (Å²) < 4.78 is 5.68. The van der Waals surface area contributed by atoms with E-state index in [1.165, 1.54) is 0 Å². The van der Waals surface area contributed by atoms with E-state index in [4.69, 9.17) is 4.42 Å². The van der Waals surface area contributed by atoms with E-state index in [1.807, 2.05) is 64.0 Å². The summed E-state index contributed by atoms with van der Waals surface area (Å²) in [4.78, 5) is 28.0. The third-order valence-corrected chi connectivity index (χ3v) is 5.88. The van der Waals surface area contributed by atoms with Gasteiger partial charge in [0.15, 0.2) is 0 Å². The fraction of sp³-hybridized carbons (Fsp3) is 0.583. The van der Waals surface area contributed by atoms with Gasteiger partial charge in [0, 0.05) is 29.6 Å². The molecule has 2 aromatic rings. The van der Waals surface area contributed by atoms with E-state index >= 15 is 0 Å². The predicted octanol–water partition coefficient (Wildman–Crippen LogP) is 3.49. The van der Waals surface area contributed by atoms with Crippen LogP contribution in [-0.2, 0) is 16.0 Å². The standard InChI is InChI=1S/C24H35N3O3/c1-15(2)22(26-23(28)17(5)25-16(3)4)24(29)27-12-8-9-19(27)13-18-14-30-21-11-7-6-10-20(18)21/h6-7,10-11,14-17,19,22,25H,8-9,12-13H2,1-5H3,(H,26,28)/t17-,19-,22-/m0/s1. The molecule has 0 bridgehead atoms. The van der Waals surface area contributed by atoms with Crippen molar-refractivity contribution in [3.63, 3.8) is 0 Å². The zero-order valence-electron chi connectivity index (χ0n) is 18.8. The van der Waals surface area contributed by atoms with Gasteiger partial charge in [-0.1, -0.05) is 45.9 Å². The molecule has 0 spiro atoms. The van der Waals surface area contributed by atoms with Crippen LogP contribution >= 0.6 is 0 Å². The number of likely N-dealkylation sites (tertiary alicyclic amines) is 1. The Morgan fingerprint density at radius 2 is 1.90 bits per heavy atom. The minimum atomic E-state index is -0.518. The summed E-state index contributed by atoms with van der Waals surface area (Å²) in [6, 6.07) is 7.47. The molecule has 6 heteroatoms. The van der Waals surface area contributed by atoms with Crippen molar-refractivity contribution >= 4 is 22.8 Å². The summed E-state index contributed by atoms with van der Waals surface area (Å²) in [5.41, 5.74) is 2.01. The van der Waals surface area contributed by atoms with Crippen molar-refractivity contribution in [2.24, 2.45) is 5.92 Å². The van der Waals surface area contributed by atoms with E-state index in [0.29, 0.717) is 0 Å². The second-order valence-electron chi connectivity index (χ2n) is 9.06. The lowest BCUT2D eigenvalue weighted by atomic mass is 9.99. The number of amides is 2. The highest BCUT2D eigenvalue weighted by Crippen LogP contribution is 2.28. The number of fused-ring (bicyclic) bond motifs is 1. The van der Waals surface area contributed by atoms with Gasteiger partial charge >= 0.3 is 0 Å². The van der Waals surface area contributed by atoms with Gasteiger partial charge in [-0.05, 0) is 38.2 Å². The Morgan fingerprint density at radius 1 is 1.17 bits per heavy atom. The summed E-state index contributed by atoms with van der Waals surface area (Å²) in [6.45, 7) is 10.5. The smallest absolute Gasteiger partial charge is 0.245 e. The lowest BCUT2D eigenvalue weighted by Crippen LogP contribution is -2.56. The first-order valence-corrected chi connectivity index (χ1v) is 11.1. The molecule has 2 amide bonds. The van der Waals surface area contributed by atoms with Gasteiger partial charge in [-0.3, -0.25) is 9.59 Å². The quantitative estimate of drug-likeness (QED) is 0.695. The van der Waals surface area contributed by atoms with E-state index in [2.05, 4.69) is 16.7 Å². The lowest BCUT2D eigenvalue weighted by molar-refractivity contribution is -0.138. The topological polar surface area (TPSA) is 74.6 Å². The van der Waals surface area contributed by atoms with Crippen molar-refractivity contribution in [1.29, 1.82) is 0 Å². The Bertz CT molecular complexity index is 873. The molecule has 1 aliphatic rings. The monoisotopic (exact) mass is 413 g/mol. The van der Waals surface area contributed by atoms with E-state index in [-0.39, 0.29) is 35.9 Å². The second-order valence-corrected chi connectivity index (χ2v) is 9.06. The first-order valence-electron chi connectivity index (χ1n) is 11.1. The van der Waals surface area contributed by atoms with E-state index < -0.39 is 6.04 Å². The van der Waals surface area contributed by atoms with Crippen LogP contribution in [0, 0.1) is 5.92 Å². The van der Waals surface area contributed by atoms with Crippen molar-refractivity contribution in [3.05, 3.63) is 36.1 Å². The highest BCUT2D eigenvalue weighted by Gasteiger charge is 2.36. The van der Waals surface area contributed by atoms with Gasteiger partial charge in [-0.15, -0.1) is 0 Å². The van der Waals surface area contributed by atoms with E-state index in [9.17, 15) is 9.59 Å². The number of nitrogens with one attached hydrogen (secondary N) is 2. The molecule has 3 atom stereocenters. The Hall–Kier alpha value is -2.34. The highest BCUT2D eigenvalue weighted by atomic mass is 16.3. The van der Waals surface area contributed by atoms with Crippen LogP contribution in [0.2, 0.25) is 0 Å². The number of carbonyl (C=O) groups excluding carboxylic acids is 2. The zero-order chi connectivity index (χ0) is 21.8. The maximum absolute atomic E-state index is 13.4. The van der Waals surface area contributed by atoms with Crippen LogP contribution in [-0.4, -0.2) is 47.4 Å². The van der Waals surface area contributed by atoms with E-state index in [0.717, 1.165) is 42.3 Å². The molecule has 1 fully saturated rings. The average molecular weight is 414 g/mol. The third kappa shape index (κ3) is 5.04. The molecule has 1 aromatic heterocycles. The lowest BCUT2D eigenvalue weighted by Gasteiger charge is -2.32. The van der Waals surface area contributed by atoms with Gasteiger partial charge in [-0.25, -0.2) is 0 Å².